The summed E-state index contributed by atoms with van der Waals surface area (Å²) in [7, 11) is 4.12. The number of benzene rings is 4. The van der Waals surface area contributed by atoms with Crippen LogP contribution in [0.2, 0.25) is 0 Å². The molecular weight excluding hydrogens is 771 g/mol. The molecule has 11 aromatic rings. The highest BCUT2D eigenvalue weighted by atomic mass is 15.1. The van der Waals surface area contributed by atoms with Crippen molar-refractivity contribution in [2.75, 3.05) is 16.4 Å². The minimum absolute atomic E-state index is 0.625. The Balaban J connectivity index is 0.000000149. The average molecular weight is 812 g/mol. The van der Waals surface area contributed by atoms with Crippen molar-refractivity contribution in [3.05, 3.63) is 170 Å². The maximum Gasteiger partial charge on any atom is 0.0966 e. The molecule has 0 aliphatic heterocycles. The van der Waals surface area contributed by atoms with E-state index in [1.54, 1.807) is 37.2 Å². The fourth-order valence-electron chi connectivity index (χ4n) is 7.81. The van der Waals surface area contributed by atoms with Gasteiger partial charge < -0.3 is 25.5 Å². The number of aromatic nitrogens is 10. The third-order valence-electron chi connectivity index (χ3n) is 11.0. The largest absolute Gasteiger partial charge is 0.397 e. The SMILES string of the molecule is Cn1ccc2ccc(-c3cc(NCc4cncc(-c5ccn[nH]5)c4)cc4nccnc34)cc21.Cn1ccc2ccc(-c3cc(NCc4cncc(N)c4)cc4nccnc34)cc21. The van der Waals surface area contributed by atoms with Crippen molar-refractivity contribution in [2.45, 2.75) is 13.1 Å². The van der Waals surface area contributed by atoms with Gasteiger partial charge in [0.25, 0.3) is 0 Å². The molecule has 0 unspecified atom stereocenters. The van der Waals surface area contributed by atoms with Crippen molar-refractivity contribution in [1.82, 2.24) is 49.2 Å². The van der Waals surface area contributed by atoms with Crippen LogP contribution in [0.1, 0.15) is 11.1 Å². The lowest BCUT2D eigenvalue weighted by Gasteiger charge is -2.12. The molecule has 0 bridgehead atoms. The Morgan fingerprint density at radius 1 is 0.532 bits per heavy atom. The summed E-state index contributed by atoms with van der Waals surface area (Å²) in [5, 5.41) is 16.5. The number of aromatic amines is 1. The van der Waals surface area contributed by atoms with Crippen LogP contribution in [0, 0.1) is 0 Å². The number of rotatable bonds is 9. The number of pyridine rings is 2. The number of hydrogen-bond acceptors (Lipinski definition) is 10. The number of aryl methyl sites for hydroxylation is 2. The lowest BCUT2D eigenvalue weighted by atomic mass is 10.0. The van der Waals surface area contributed by atoms with E-state index in [1.165, 1.54) is 21.8 Å². The van der Waals surface area contributed by atoms with Crippen molar-refractivity contribution in [2.24, 2.45) is 14.1 Å². The first kappa shape index (κ1) is 37.8. The summed E-state index contributed by atoms with van der Waals surface area (Å²) >= 11 is 0. The molecule has 5 N–H and O–H groups in total. The molecule has 4 aromatic carbocycles. The average Bonchev–Trinajstić information content (AvgIpc) is 4.08. The molecule has 302 valence electrons. The van der Waals surface area contributed by atoms with Crippen LogP contribution in [0.4, 0.5) is 17.1 Å². The molecule has 0 fully saturated rings. The van der Waals surface area contributed by atoms with Crippen molar-refractivity contribution >= 4 is 60.9 Å². The lowest BCUT2D eigenvalue weighted by molar-refractivity contribution is 0.969. The summed E-state index contributed by atoms with van der Waals surface area (Å²) in [6.45, 7) is 1.26. The van der Waals surface area contributed by atoms with E-state index in [0.29, 0.717) is 18.8 Å². The van der Waals surface area contributed by atoms with Crippen LogP contribution in [0.3, 0.4) is 0 Å². The van der Waals surface area contributed by atoms with Crippen molar-refractivity contribution < 1.29 is 0 Å². The van der Waals surface area contributed by atoms with Gasteiger partial charge in [0.05, 0.1) is 33.4 Å². The van der Waals surface area contributed by atoms with Crippen LogP contribution in [0.25, 0.3) is 77.4 Å². The summed E-state index contributed by atoms with van der Waals surface area (Å²) in [4.78, 5) is 26.9. The molecule has 0 radical (unpaired) electrons. The minimum atomic E-state index is 0.625. The predicted molar refractivity (Wildman–Crippen MR) is 248 cm³/mol. The van der Waals surface area contributed by atoms with Gasteiger partial charge in [-0.1, -0.05) is 24.3 Å². The summed E-state index contributed by atoms with van der Waals surface area (Å²) in [6, 6.07) is 31.5. The first-order valence-corrected chi connectivity index (χ1v) is 20.1. The minimum Gasteiger partial charge on any atom is -0.397 e. The third kappa shape index (κ3) is 7.73. The molecule has 13 heteroatoms. The van der Waals surface area contributed by atoms with E-state index in [1.807, 2.05) is 42.9 Å². The van der Waals surface area contributed by atoms with Gasteiger partial charge in [-0.2, -0.15) is 5.10 Å². The molecule has 11 rings (SSSR count). The van der Waals surface area contributed by atoms with Gasteiger partial charge in [-0.15, -0.1) is 0 Å². The molecule has 62 heavy (non-hydrogen) atoms. The Morgan fingerprint density at radius 3 is 1.63 bits per heavy atom. The number of fused-ring (bicyclic) bond motifs is 4. The monoisotopic (exact) mass is 811 g/mol. The molecule has 7 heterocycles. The zero-order valence-corrected chi connectivity index (χ0v) is 34.0. The van der Waals surface area contributed by atoms with Crippen molar-refractivity contribution in [1.29, 1.82) is 0 Å². The van der Waals surface area contributed by atoms with E-state index in [9.17, 15) is 0 Å². The molecular formula is C49H41N13. The maximum absolute atomic E-state index is 5.84. The number of nitrogens with one attached hydrogen (secondary N) is 3. The second-order valence-corrected chi connectivity index (χ2v) is 15.2. The third-order valence-corrected chi connectivity index (χ3v) is 11.0. The predicted octanol–water partition coefficient (Wildman–Crippen LogP) is 9.56. The van der Waals surface area contributed by atoms with Crippen LogP contribution < -0.4 is 16.4 Å². The molecule has 0 spiro atoms. The molecule has 0 aliphatic carbocycles. The molecule has 0 aliphatic rings. The molecule has 0 amide bonds. The van der Waals surface area contributed by atoms with Crippen LogP contribution in [0.15, 0.2) is 159 Å². The Bertz CT molecular complexity index is 3370. The van der Waals surface area contributed by atoms with E-state index >= 15 is 0 Å². The molecule has 7 aromatic heterocycles. The molecule has 0 atom stereocenters. The quantitative estimate of drug-likeness (QED) is 0.110. The van der Waals surface area contributed by atoms with Gasteiger partial charge >= 0.3 is 0 Å². The highest BCUT2D eigenvalue weighted by Gasteiger charge is 2.13. The van der Waals surface area contributed by atoms with Crippen LogP contribution in [-0.2, 0) is 27.2 Å². The Labute approximate surface area is 356 Å². The number of nitrogen functional groups attached to an aromatic ring is 1. The fourth-order valence-corrected chi connectivity index (χ4v) is 7.81. The van der Waals surface area contributed by atoms with Gasteiger partial charge in [-0.05, 0) is 99.8 Å². The number of hydrogen-bond donors (Lipinski definition) is 4. The number of nitrogens with two attached hydrogens (primary N) is 1. The number of H-pyrrole nitrogens is 1. The Kier molecular flexibility index (Phi) is 9.94. The van der Waals surface area contributed by atoms with Gasteiger partial charge in [0, 0.05) is 134 Å². The van der Waals surface area contributed by atoms with Gasteiger partial charge in [0.1, 0.15) is 0 Å². The standard InChI is InChI=1S/C26H21N7.C23H20N6/c1-33-9-5-18-2-3-19(11-25(18)33)22-12-21(13-24-26(22)29-8-7-28-24)30-15-17-10-20(16-27-14-17)23-4-6-31-32-23;1-29-7-4-16-2-3-17(9-22(16)29)20-10-19(11-21-23(20)27-6-5-26-21)28-13-15-8-18(24)14-25-12-15/h2-14,16,30H,15H2,1H3,(H,31,32);2-12,14,28H,13,24H2,1H3. The van der Waals surface area contributed by atoms with Crippen molar-refractivity contribution in [3.63, 3.8) is 0 Å². The highest BCUT2D eigenvalue weighted by molar-refractivity contribution is 5.98. The second kappa shape index (κ2) is 16.3. The van der Waals surface area contributed by atoms with Crippen molar-refractivity contribution in [3.8, 4) is 33.5 Å². The van der Waals surface area contributed by atoms with Crippen LogP contribution in [-0.4, -0.2) is 49.2 Å². The normalized spacial score (nSPS) is 11.3. The zero-order valence-electron chi connectivity index (χ0n) is 34.0. The smallest absolute Gasteiger partial charge is 0.0966 e. The van der Waals surface area contributed by atoms with E-state index < -0.39 is 0 Å². The molecule has 0 saturated carbocycles. The van der Waals surface area contributed by atoms with Gasteiger partial charge in [0.2, 0.25) is 0 Å². The molecule has 0 saturated heterocycles. The topological polar surface area (TPSA) is 166 Å². The maximum atomic E-state index is 5.84. The number of nitrogens with zero attached hydrogens (tertiary/aromatic N) is 9. The Hall–Kier alpha value is -8.45. The fraction of sp³-hybridized carbons (Fsp3) is 0.0816. The van der Waals surface area contributed by atoms with E-state index in [4.69, 9.17) is 5.73 Å². The van der Waals surface area contributed by atoms with Gasteiger partial charge in [0.15, 0.2) is 0 Å². The Morgan fingerprint density at radius 2 is 1.08 bits per heavy atom. The summed E-state index contributed by atoms with van der Waals surface area (Å²) in [6.07, 6.45) is 20.0. The summed E-state index contributed by atoms with van der Waals surface area (Å²) < 4.78 is 4.26. The second-order valence-electron chi connectivity index (χ2n) is 15.2. The summed E-state index contributed by atoms with van der Waals surface area (Å²) in [5.41, 5.74) is 22.7. The first-order chi connectivity index (χ1) is 30.4. The molecule has 13 nitrogen and oxygen atoms in total. The summed E-state index contributed by atoms with van der Waals surface area (Å²) in [5.74, 6) is 0. The highest BCUT2D eigenvalue weighted by Crippen LogP contribution is 2.34. The number of anilines is 3. The van der Waals surface area contributed by atoms with E-state index in [2.05, 4.69) is 153 Å². The first-order valence-electron chi connectivity index (χ1n) is 20.1. The van der Waals surface area contributed by atoms with Crippen LogP contribution >= 0.6 is 0 Å². The van der Waals surface area contributed by atoms with Gasteiger partial charge in [-0.25, -0.2) is 0 Å². The van der Waals surface area contributed by atoms with E-state index in [-0.39, 0.29) is 0 Å². The lowest BCUT2D eigenvalue weighted by Crippen LogP contribution is -2.02. The van der Waals surface area contributed by atoms with Crippen LogP contribution in [0.5, 0.6) is 0 Å². The van der Waals surface area contributed by atoms with E-state index in [0.717, 1.165) is 78.1 Å². The van der Waals surface area contributed by atoms with Gasteiger partial charge in [-0.3, -0.25) is 35.0 Å². The zero-order chi connectivity index (χ0) is 42.0.